The fraction of sp³-hybridized carbons (Fsp3) is 0.250. The van der Waals surface area contributed by atoms with Crippen molar-refractivity contribution in [2.24, 2.45) is 10.7 Å². The second-order valence-corrected chi connectivity index (χ2v) is 10.2. The third-order valence-corrected chi connectivity index (χ3v) is 6.36. The lowest BCUT2D eigenvalue weighted by Crippen LogP contribution is -2.19. The quantitative estimate of drug-likeness (QED) is 0.265. The number of nitrogens with zero attached hydrogens (tertiary/aromatic N) is 3. The summed E-state index contributed by atoms with van der Waals surface area (Å²) in [6.07, 6.45) is 1.10. The summed E-state index contributed by atoms with van der Waals surface area (Å²) in [4.78, 5) is 17.0. The number of nitrogens with two attached hydrogens (primary N) is 1. The molecule has 0 aliphatic heterocycles. The predicted octanol–water partition coefficient (Wildman–Crippen LogP) is 4.36. The van der Waals surface area contributed by atoms with Crippen LogP contribution in [-0.2, 0) is 19.4 Å². The highest BCUT2D eigenvalue weighted by molar-refractivity contribution is 7.90. The summed E-state index contributed by atoms with van der Waals surface area (Å²) in [5, 5.41) is 7.84. The van der Waals surface area contributed by atoms with E-state index in [0.717, 1.165) is 11.8 Å². The molecule has 0 aliphatic carbocycles. The van der Waals surface area contributed by atoms with Gasteiger partial charge in [-0.15, -0.1) is 10.2 Å². The lowest BCUT2D eigenvalue weighted by Gasteiger charge is -2.11. The van der Waals surface area contributed by atoms with Crippen molar-refractivity contribution in [3.63, 3.8) is 0 Å². The van der Waals surface area contributed by atoms with Crippen LogP contribution in [0.25, 0.3) is 11.5 Å². The van der Waals surface area contributed by atoms with Gasteiger partial charge in [-0.3, -0.25) is 0 Å². The average Bonchev–Trinajstić information content (AvgIpc) is 3.31. The van der Waals surface area contributed by atoms with Gasteiger partial charge < -0.3 is 14.9 Å². The topological polar surface area (TPSA) is 138 Å². The van der Waals surface area contributed by atoms with E-state index in [1.54, 1.807) is 25.1 Å². The van der Waals surface area contributed by atoms with Crippen molar-refractivity contribution in [2.45, 2.75) is 31.6 Å². The van der Waals surface area contributed by atoms with Crippen LogP contribution in [0.1, 0.15) is 38.1 Å². The molecule has 9 nitrogen and oxygen atoms in total. The largest absolute Gasteiger partial charge is 0.461 e. The molecular weight excluding hydrogens is 492 g/mol. The van der Waals surface area contributed by atoms with E-state index < -0.39 is 15.8 Å². The van der Waals surface area contributed by atoms with Gasteiger partial charge in [0.25, 0.3) is 5.89 Å². The molecule has 0 radical (unpaired) electrons. The maximum Gasteiger partial charge on any atom is 0.355 e. The maximum absolute atomic E-state index is 12.2. The van der Waals surface area contributed by atoms with Gasteiger partial charge in [0.1, 0.15) is 16.4 Å². The highest BCUT2D eigenvalue weighted by Crippen LogP contribution is 2.30. The van der Waals surface area contributed by atoms with Gasteiger partial charge in [-0.05, 0) is 42.7 Å². The first kappa shape index (κ1) is 26.1. The van der Waals surface area contributed by atoms with Crippen LogP contribution in [0, 0.1) is 0 Å². The van der Waals surface area contributed by atoms with Crippen LogP contribution in [0.5, 0.6) is 0 Å². The van der Waals surface area contributed by atoms with E-state index in [4.69, 9.17) is 26.5 Å². The van der Waals surface area contributed by atoms with Crippen LogP contribution in [-0.4, -0.2) is 43.2 Å². The molecule has 2 N–H and O–H groups in total. The number of ether oxygens (including phenoxy) is 1. The van der Waals surface area contributed by atoms with E-state index in [9.17, 15) is 13.2 Å². The molecule has 0 spiro atoms. The number of benzene rings is 2. The molecule has 1 aromatic heterocycles. The van der Waals surface area contributed by atoms with E-state index in [-0.39, 0.29) is 45.6 Å². The van der Waals surface area contributed by atoms with Gasteiger partial charge in [0, 0.05) is 11.8 Å². The van der Waals surface area contributed by atoms with Crippen LogP contribution < -0.4 is 5.73 Å². The van der Waals surface area contributed by atoms with Crippen LogP contribution in [0.15, 0.2) is 73.6 Å². The molecule has 0 unspecified atom stereocenters. The summed E-state index contributed by atoms with van der Waals surface area (Å²) < 4.78 is 34.6. The molecule has 0 bridgehead atoms. The standard InChI is InChI=1S/C24H25ClN4O5S/c1-5-33-24(30)20(26)19(25)21(27-18-12-7-6-11-17(18)14(2)3)23-29-28-22(34-23)15-9-8-10-16(13-15)35(4,31)32/h6-14H,5,26H2,1-4H3. The first-order valence-corrected chi connectivity index (χ1v) is 12.9. The average molecular weight is 517 g/mol. The molecule has 0 atom stereocenters. The highest BCUT2D eigenvalue weighted by atomic mass is 35.5. The Balaban J connectivity index is 2.18. The van der Waals surface area contributed by atoms with Crippen LogP contribution in [0.3, 0.4) is 0 Å². The molecule has 0 aliphatic rings. The van der Waals surface area contributed by atoms with Crippen molar-refractivity contribution in [1.82, 2.24) is 10.2 Å². The second-order valence-electron chi connectivity index (χ2n) is 7.83. The second kappa shape index (κ2) is 10.8. The summed E-state index contributed by atoms with van der Waals surface area (Å²) in [5.41, 5.74) is 7.44. The summed E-state index contributed by atoms with van der Waals surface area (Å²) in [7, 11) is -3.45. The molecule has 3 rings (SSSR count). The van der Waals surface area contributed by atoms with Crippen LogP contribution in [0.2, 0.25) is 0 Å². The van der Waals surface area contributed by atoms with Crippen molar-refractivity contribution in [3.8, 4) is 11.5 Å². The Morgan fingerprint density at radius 3 is 2.54 bits per heavy atom. The summed E-state index contributed by atoms with van der Waals surface area (Å²) in [6.45, 7) is 5.77. The normalized spacial score (nSPS) is 13.0. The number of allylic oxidation sites excluding steroid dienone is 1. The molecule has 3 aromatic rings. The zero-order valence-corrected chi connectivity index (χ0v) is 21.2. The minimum absolute atomic E-state index is 0.0247. The van der Waals surface area contributed by atoms with Gasteiger partial charge in [-0.1, -0.05) is 49.7 Å². The minimum Gasteiger partial charge on any atom is -0.461 e. The number of hydrogen-bond donors (Lipinski definition) is 1. The Hall–Kier alpha value is -3.50. The zero-order chi connectivity index (χ0) is 25.8. The predicted molar refractivity (Wildman–Crippen MR) is 133 cm³/mol. The lowest BCUT2D eigenvalue weighted by atomic mass is 10.0. The molecule has 0 saturated carbocycles. The van der Waals surface area contributed by atoms with E-state index in [2.05, 4.69) is 15.2 Å². The number of carbonyl (C=O) groups excluding carboxylic acids is 1. The number of aliphatic imine (C=N–C) groups is 1. The molecule has 0 saturated heterocycles. The van der Waals surface area contributed by atoms with E-state index in [1.807, 2.05) is 32.0 Å². The van der Waals surface area contributed by atoms with Gasteiger partial charge in [-0.25, -0.2) is 18.2 Å². The SMILES string of the molecule is CCOC(=O)C(N)=C(Cl)C(=Nc1ccccc1C(C)C)c1nnc(-c2cccc(S(C)(=O)=O)c2)o1. The van der Waals surface area contributed by atoms with Gasteiger partial charge in [0.15, 0.2) is 9.84 Å². The van der Waals surface area contributed by atoms with Crippen molar-refractivity contribution in [3.05, 3.63) is 70.7 Å². The first-order chi connectivity index (χ1) is 16.5. The molecule has 1 heterocycles. The Labute approximate surface area is 208 Å². The van der Waals surface area contributed by atoms with Crippen molar-refractivity contribution in [2.75, 3.05) is 12.9 Å². The smallest absolute Gasteiger partial charge is 0.355 e. The van der Waals surface area contributed by atoms with Crippen molar-refractivity contribution in [1.29, 1.82) is 0 Å². The number of aromatic nitrogens is 2. The number of esters is 1. The third-order valence-electron chi connectivity index (χ3n) is 4.87. The van der Waals surface area contributed by atoms with Crippen LogP contribution in [0.4, 0.5) is 5.69 Å². The molecule has 184 valence electrons. The number of para-hydroxylation sites is 1. The monoisotopic (exact) mass is 516 g/mol. The lowest BCUT2D eigenvalue weighted by molar-refractivity contribution is -0.138. The van der Waals surface area contributed by atoms with Crippen LogP contribution >= 0.6 is 11.6 Å². The molecule has 0 amide bonds. The van der Waals surface area contributed by atoms with Gasteiger partial charge in [0.2, 0.25) is 5.89 Å². The summed E-state index contributed by atoms with van der Waals surface area (Å²) in [6, 6.07) is 13.5. The molecule has 35 heavy (non-hydrogen) atoms. The minimum atomic E-state index is -3.45. The molecular formula is C24H25ClN4O5S. The fourth-order valence-electron chi connectivity index (χ4n) is 3.11. The molecule has 0 fully saturated rings. The van der Waals surface area contributed by atoms with Gasteiger partial charge in [0.05, 0.1) is 17.2 Å². The van der Waals surface area contributed by atoms with E-state index in [1.165, 1.54) is 12.1 Å². The molecule has 2 aromatic carbocycles. The Morgan fingerprint density at radius 1 is 1.17 bits per heavy atom. The number of hydrogen-bond acceptors (Lipinski definition) is 9. The van der Waals surface area contributed by atoms with E-state index in [0.29, 0.717) is 11.3 Å². The maximum atomic E-state index is 12.2. The number of carbonyl (C=O) groups is 1. The Morgan fingerprint density at radius 2 is 1.89 bits per heavy atom. The summed E-state index contributed by atoms with van der Waals surface area (Å²) in [5.74, 6) is -0.753. The molecule has 11 heteroatoms. The van der Waals surface area contributed by atoms with Gasteiger partial charge >= 0.3 is 5.97 Å². The van der Waals surface area contributed by atoms with Crippen molar-refractivity contribution < 1.29 is 22.4 Å². The number of sulfone groups is 1. The van der Waals surface area contributed by atoms with Gasteiger partial charge in [-0.2, -0.15) is 0 Å². The fourth-order valence-corrected chi connectivity index (χ4v) is 3.98. The third kappa shape index (κ3) is 6.14. The van der Waals surface area contributed by atoms with Crippen molar-refractivity contribution >= 4 is 38.8 Å². The highest BCUT2D eigenvalue weighted by Gasteiger charge is 2.24. The Kier molecular flexibility index (Phi) is 8.08. The summed E-state index contributed by atoms with van der Waals surface area (Å²) >= 11 is 6.50. The first-order valence-electron chi connectivity index (χ1n) is 10.7. The number of halogens is 1. The van der Waals surface area contributed by atoms with E-state index >= 15 is 0 Å². The Bertz CT molecular complexity index is 1410. The zero-order valence-electron chi connectivity index (χ0n) is 19.6. The number of rotatable bonds is 8.